The Balaban J connectivity index is 1.18. The van der Waals surface area contributed by atoms with Gasteiger partial charge in [-0.2, -0.15) is 0 Å². The Kier molecular flexibility index (Phi) is 7.75. The average Bonchev–Trinajstić information content (AvgIpc) is 3.40. The number of aromatic nitrogens is 1. The van der Waals surface area contributed by atoms with Crippen molar-refractivity contribution in [3.63, 3.8) is 0 Å². The van der Waals surface area contributed by atoms with Crippen molar-refractivity contribution < 1.29 is 28.7 Å². The minimum Gasteiger partial charge on any atom is -0.462 e. The van der Waals surface area contributed by atoms with Crippen LogP contribution in [0.5, 0.6) is 0 Å². The molecule has 0 unspecified atom stereocenters. The first kappa shape index (κ1) is 29.0. The second-order valence-corrected chi connectivity index (χ2v) is 12.7. The van der Waals surface area contributed by atoms with Crippen LogP contribution in [-0.2, 0) is 4.74 Å². The standard InChI is InChI=1S/C30H16Br4N2O6/c31-22-20-21(23(32)25(34)24(22)33)27(38)19(26(20)37)18-10-9-13-16(7-3-8-17(13)35-18)30(41)42-12-4-11-36-28(39)14-5-1-2-6-15(14)29(36)40/h1-3,5-10,19H,4,11-12H2. The molecule has 2 amide bonds. The Labute approximate surface area is 272 Å². The molecule has 0 fully saturated rings. The van der Waals surface area contributed by atoms with E-state index >= 15 is 0 Å². The highest BCUT2D eigenvalue weighted by atomic mass is 79.9. The van der Waals surface area contributed by atoms with Crippen molar-refractivity contribution in [2.24, 2.45) is 0 Å². The van der Waals surface area contributed by atoms with Crippen molar-refractivity contribution >= 4 is 104 Å². The number of nitrogens with zero attached hydrogens (tertiary/aromatic N) is 2. The fourth-order valence-electron chi connectivity index (χ4n) is 5.19. The maximum absolute atomic E-state index is 13.4. The zero-order valence-corrected chi connectivity index (χ0v) is 27.6. The number of halogens is 4. The van der Waals surface area contributed by atoms with Gasteiger partial charge in [-0.1, -0.05) is 24.3 Å². The van der Waals surface area contributed by atoms with Gasteiger partial charge in [0, 0.05) is 40.9 Å². The van der Waals surface area contributed by atoms with Crippen LogP contribution in [0.15, 0.2) is 72.5 Å². The first-order valence-electron chi connectivity index (χ1n) is 12.6. The first-order valence-corrected chi connectivity index (χ1v) is 15.8. The average molecular weight is 820 g/mol. The molecule has 0 N–H and O–H groups in total. The number of amides is 2. The van der Waals surface area contributed by atoms with E-state index in [9.17, 15) is 24.0 Å². The van der Waals surface area contributed by atoms with Gasteiger partial charge in [0.05, 0.1) is 34.5 Å². The molecular weight excluding hydrogens is 804 g/mol. The lowest BCUT2D eigenvalue weighted by Crippen LogP contribution is -2.31. The predicted molar refractivity (Wildman–Crippen MR) is 167 cm³/mol. The summed E-state index contributed by atoms with van der Waals surface area (Å²) in [5.41, 5.74) is 2.23. The van der Waals surface area contributed by atoms with Crippen LogP contribution in [0, 0.1) is 0 Å². The van der Waals surface area contributed by atoms with E-state index < -0.39 is 11.9 Å². The summed E-state index contributed by atoms with van der Waals surface area (Å²) in [6, 6.07) is 14.8. The number of imide groups is 1. The van der Waals surface area contributed by atoms with Gasteiger partial charge in [0.15, 0.2) is 11.6 Å². The van der Waals surface area contributed by atoms with E-state index in [1.54, 1.807) is 54.6 Å². The molecule has 1 aliphatic carbocycles. The molecule has 3 aromatic carbocycles. The zero-order valence-electron chi connectivity index (χ0n) is 21.3. The topological polar surface area (TPSA) is 111 Å². The van der Waals surface area contributed by atoms with Crippen LogP contribution in [0.25, 0.3) is 10.9 Å². The lowest BCUT2D eigenvalue weighted by atomic mass is 9.97. The lowest BCUT2D eigenvalue weighted by molar-refractivity contribution is 0.0484. The van der Waals surface area contributed by atoms with Crippen LogP contribution in [0.4, 0.5) is 0 Å². The van der Waals surface area contributed by atoms with Crippen LogP contribution in [0.2, 0.25) is 0 Å². The minimum absolute atomic E-state index is 0.00759. The third-order valence-electron chi connectivity index (χ3n) is 7.19. The Hall–Kier alpha value is -3.06. The molecule has 12 heteroatoms. The van der Waals surface area contributed by atoms with Crippen molar-refractivity contribution in [2.45, 2.75) is 12.3 Å². The number of hydrogen-bond donors (Lipinski definition) is 0. The van der Waals surface area contributed by atoms with E-state index in [1.165, 1.54) is 0 Å². The molecular formula is C30H16Br4N2O6. The molecule has 2 heterocycles. The number of carbonyl (C=O) groups excluding carboxylic acids is 5. The minimum atomic E-state index is -1.13. The number of carbonyl (C=O) groups is 5. The fraction of sp³-hybridized carbons (Fsp3) is 0.133. The van der Waals surface area contributed by atoms with Crippen LogP contribution in [-0.4, -0.2) is 52.4 Å². The Bertz CT molecular complexity index is 1820. The highest BCUT2D eigenvalue weighted by Crippen LogP contribution is 2.48. The molecule has 0 bridgehead atoms. The number of fused-ring (bicyclic) bond motifs is 3. The molecule has 42 heavy (non-hydrogen) atoms. The van der Waals surface area contributed by atoms with E-state index in [2.05, 4.69) is 68.7 Å². The normalized spacial score (nSPS) is 14.6. The fourth-order valence-corrected chi connectivity index (χ4v) is 7.70. The van der Waals surface area contributed by atoms with Gasteiger partial charge >= 0.3 is 5.97 Å². The quantitative estimate of drug-likeness (QED) is 0.0502. The maximum atomic E-state index is 13.4. The smallest absolute Gasteiger partial charge is 0.338 e. The summed E-state index contributed by atoms with van der Waals surface area (Å²) in [7, 11) is 0. The maximum Gasteiger partial charge on any atom is 0.338 e. The highest BCUT2D eigenvalue weighted by Gasteiger charge is 2.44. The number of ether oxygens (including phenoxy) is 1. The number of esters is 1. The van der Waals surface area contributed by atoms with Gasteiger partial charge in [-0.25, -0.2) is 4.79 Å². The summed E-state index contributed by atoms with van der Waals surface area (Å²) < 4.78 is 7.61. The third kappa shape index (κ3) is 4.59. The molecule has 210 valence electrons. The number of Topliss-reactive ketones (excluding diaryl/α,β-unsaturated/α-hetero) is 2. The molecule has 4 aromatic rings. The van der Waals surface area contributed by atoms with E-state index in [1.807, 2.05) is 0 Å². The van der Waals surface area contributed by atoms with Crippen molar-refractivity contribution in [3.05, 3.63) is 106 Å². The van der Waals surface area contributed by atoms with E-state index in [4.69, 9.17) is 4.74 Å². The molecule has 0 atom stereocenters. The predicted octanol–water partition coefficient (Wildman–Crippen LogP) is 7.29. The molecule has 1 aromatic heterocycles. The Morgan fingerprint density at radius 1 is 0.762 bits per heavy atom. The Morgan fingerprint density at radius 2 is 1.36 bits per heavy atom. The van der Waals surface area contributed by atoms with Gasteiger partial charge in [-0.3, -0.25) is 29.1 Å². The number of ketones is 2. The van der Waals surface area contributed by atoms with Crippen molar-refractivity contribution in [3.8, 4) is 0 Å². The SMILES string of the molecule is O=C(OCCCN1C(=O)c2ccccc2C1=O)c1cccc2nc(C3C(=O)c4c(Br)c(Br)c(Br)c(Br)c4C3=O)ccc12. The van der Waals surface area contributed by atoms with Crippen LogP contribution < -0.4 is 0 Å². The van der Waals surface area contributed by atoms with E-state index in [0.29, 0.717) is 39.9 Å². The molecule has 0 saturated carbocycles. The zero-order chi connectivity index (χ0) is 29.9. The van der Waals surface area contributed by atoms with Crippen LogP contribution in [0.3, 0.4) is 0 Å². The van der Waals surface area contributed by atoms with Crippen LogP contribution >= 0.6 is 63.7 Å². The van der Waals surface area contributed by atoms with Gasteiger partial charge in [0.2, 0.25) is 0 Å². The van der Waals surface area contributed by atoms with E-state index in [0.717, 1.165) is 4.90 Å². The summed E-state index contributed by atoms with van der Waals surface area (Å²) in [6.45, 7) is 0.109. The highest BCUT2D eigenvalue weighted by molar-refractivity contribution is 9.15. The molecule has 2 aliphatic rings. The van der Waals surface area contributed by atoms with Gasteiger partial charge in [-0.05, 0) is 100 Å². The second-order valence-electron chi connectivity index (χ2n) is 9.57. The number of pyridine rings is 1. The largest absolute Gasteiger partial charge is 0.462 e. The molecule has 1 aliphatic heterocycles. The molecule has 6 rings (SSSR count). The van der Waals surface area contributed by atoms with Crippen molar-refractivity contribution in [1.82, 2.24) is 9.88 Å². The van der Waals surface area contributed by atoms with Gasteiger partial charge in [0.25, 0.3) is 11.8 Å². The molecule has 0 radical (unpaired) electrons. The number of hydrogen-bond acceptors (Lipinski definition) is 7. The first-order chi connectivity index (χ1) is 20.1. The number of benzene rings is 3. The van der Waals surface area contributed by atoms with Gasteiger partial charge in [0.1, 0.15) is 5.92 Å². The number of rotatable bonds is 6. The molecule has 0 saturated heterocycles. The molecule has 8 nitrogen and oxygen atoms in total. The molecule has 0 spiro atoms. The van der Waals surface area contributed by atoms with E-state index in [-0.39, 0.29) is 65.3 Å². The Morgan fingerprint density at radius 3 is 1.95 bits per heavy atom. The lowest BCUT2D eigenvalue weighted by Gasteiger charge is -2.14. The van der Waals surface area contributed by atoms with Crippen LogP contribution in [0.1, 0.15) is 69.8 Å². The second kappa shape index (κ2) is 11.2. The van der Waals surface area contributed by atoms with Crippen molar-refractivity contribution in [2.75, 3.05) is 13.2 Å². The van der Waals surface area contributed by atoms with Gasteiger partial charge < -0.3 is 4.74 Å². The summed E-state index contributed by atoms with van der Waals surface area (Å²) in [4.78, 5) is 70.6. The summed E-state index contributed by atoms with van der Waals surface area (Å²) >= 11 is 13.7. The monoisotopic (exact) mass is 816 g/mol. The third-order valence-corrected chi connectivity index (χ3v) is 12.0. The summed E-state index contributed by atoms with van der Waals surface area (Å²) in [5, 5.41) is 0.495. The van der Waals surface area contributed by atoms with Crippen molar-refractivity contribution in [1.29, 1.82) is 0 Å². The summed E-state index contributed by atoms with van der Waals surface area (Å²) in [6.07, 6.45) is 0.272. The summed E-state index contributed by atoms with van der Waals surface area (Å²) in [5.74, 6) is -3.20. The van der Waals surface area contributed by atoms with Gasteiger partial charge in [-0.15, -0.1) is 0 Å².